The summed E-state index contributed by atoms with van der Waals surface area (Å²) in [5.41, 5.74) is 0.862. The molecule has 2 aromatic rings. The van der Waals surface area contributed by atoms with Crippen LogP contribution >= 0.6 is 39.7 Å². The Hall–Kier alpha value is -0.650. The van der Waals surface area contributed by atoms with Crippen molar-refractivity contribution < 1.29 is 4.52 Å². The summed E-state index contributed by atoms with van der Waals surface area (Å²) < 4.78 is 5.62. The zero-order valence-electron chi connectivity index (χ0n) is 6.75. The quantitative estimate of drug-likeness (QED) is 0.812. The molecule has 6 heteroatoms. The summed E-state index contributed by atoms with van der Waals surface area (Å²) in [6.45, 7) is 0. The maximum atomic E-state index is 5.85. The number of nitrogens with one attached hydrogen (secondary N) is 1. The fraction of sp³-hybridized carbons (Fsp3) is 0. The molecule has 0 saturated carbocycles. The first-order valence-corrected chi connectivity index (χ1v) is 5.25. The fourth-order valence-corrected chi connectivity index (χ4v) is 1.63. The lowest BCUT2D eigenvalue weighted by Crippen LogP contribution is -1.80. The lowest BCUT2D eigenvalue weighted by Gasteiger charge is -1.98. The Bertz CT molecular complexity index is 522. The van der Waals surface area contributed by atoms with Gasteiger partial charge in [-0.3, -0.25) is 0 Å². The van der Waals surface area contributed by atoms with Crippen LogP contribution in [-0.2, 0) is 0 Å². The molecule has 14 heavy (non-hydrogen) atoms. The Balaban J connectivity index is 2.52. The summed E-state index contributed by atoms with van der Waals surface area (Å²) >= 11 is 13.9. The van der Waals surface area contributed by atoms with E-state index in [0.29, 0.717) is 10.8 Å². The first-order valence-electron chi connectivity index (χ1n) is 3.68. The maximum Gasteiger partial charge on any atom is 0.314 e. The molecule has 1 heterocycles. The van der Waals surface area contributed by atoms with Gasteiger partial charge in [-0.05, 0) is 46.3 Å². The van der Waals surface area contributed by atoms with Crippen molar-refractivity contribution in [2.24, 2.45) is 0 Å². The third-order valence-electron chi connectivity index (χ3n) is 1.63. The molecule has 72 valence electrons. The van der Waals surface area contributed by atoms with E-state index in [1.807, 2.05) is 12.1 Å². The summed E-state index contributed by atoms with van der Waals surface area (Å²) in [5.74, 6) is 0.590. The van der Waals surface area contributed by atoms with E-state index in [4.69, 9.17) is 28.3 Å². The van der Waals surface area contributed by atoms with Gasteiger partial charge in [-0.15, -0.1) is 0 Å². The van der Waals surface area contributed by atoms with E-state index in [2.05, 4.69) is 26.1 Å². The van der Waals surface area contributed by atoms with Crippen LogP contribution in [0, 0.1) is 4.84 Å². The highest BCUT2D eigenvalue weighted by Gasteiger charge is 2.04. The molecule has 1 N–H and O–H groups in total. The molecule has 0 atom stereocenters. The molecule has 0 unspecified atom stereocenters. The third-order valence-corrected chi connectivity index (χ3v) is 3.02. The standard InChI is InChI=1S/C8H4BrClN2OS/c9-5-3-4(1-2-6(5)10)7-11-8(14)13-12-7/h1-3H,(H,11,12,14). The van der Waals surface area contributed by atoms with Gasteiger partial charge >= 0.3 is 4.84 Å². The predicted octanol–water partition coefficient (Wildman–Crippen LogP) is 3.82. The molecule has 3 nitrogen and oxygen atoms in total. The molecule has 0 fully saturated rings. The summed E-state index contributed by atoms with van der Waals surface area (Å²) in [6, 6.07) is 5.44. The normalized spacial score (nSPS) is 10.4. The number of halogens is 2. The monoisotopic (exact) mass is 290 g/mol. The molecule has 1 aromatic carbocycles. The summed E-state index contributed by atoms with van der Waals surface area (Å²) in [4.78, 5) is 4.17. The van der Waals surface area contributed by atoms with Gasteiger partial charge in [0.15, 0.2) is 5.82 Å². The Kier molecular flexibility index (Phi) is 2.71. The van der Waals surface area contributed by atoms with E-state index in [1.165, 1.54) is 0 Å². The van der Waals surface area contributed by atoms with Crippen LogP contribution in [0.5, 0.6) is 0 Å². The highest BCUT2D eigenvalue weighted by atomic mass is 79.9. The second-order valence-electron chi connectivity index (χ2n) is 2.56. The Morgan fingerprint density at radius 1 is 1.50 bits per heavy atom. The average Bonchev–Trinajstić information content (AvgIpc) is 2.57. The van der Waals surface area contributed by atoms with E-state index in [-0.39, 0.29) is 4.84 Å². The SMILES string of the molecule is S=c1nc(-c2ccc(Cl)c(Br)c2)[nH]o1. The minimum atomic E-state index is 0.186. The molecular weight excluding hydrogens is 288 g/mol. The molecule has 0 aliphatic rings. The van der Waals surface area contributed by atoms with Crippen LogP contribution in [0.1, 0.15) is 0 Å². The van der Waals surface area contributed by atoms with E-state index >= 15 is 0 Å². The molecule has 2 rings (SSSR count). The summed E-state index contributed by atoms with van der Waals surface area (Å²) in [7, 11) is 0. The smallest absolute Gasteiger partial charge is 0.314 e. The minimum Gasteiger partial charge on any atom is -0.348 e. The van der Waals surface area contributed by atoms with Crippen LogP contribution < -0.4 is 0 Å². The van der Waals surface area contributed by atoms with Crippen LogP contribution in [0.25, 0.3) is 11.4 Å². The van der Waals surface area contributed by atoms with Gasteiger partial charge in [0.2, 0.25) is 0 Å². The first kappa shape index (κ1) is 9.89. The number of aromatic nitrogens is 2. The largest absolute Gasteiger partial charge is 0.348 e. The Morgan fingerprint density at radius 3 is 2.86 bits per heavy atom. The van der Waals surface area contributed by atoms with Crippen LogP contribution in [0.2, 0.25) is 5.02 Å². The first-order chi connectivity index (χ1) is 6.66. The van der Waals surface area contributed by atoms with Crippen LogP contribution in [-0.4, -0.2) is 10.1 Å². The Labute approximate surface area is 98.2 Å². The number of nitrogens with zero attached hydrogens (tertiary/aromatic N) is 1. The zero-order valence-corrected chi connectivity index (χ0v) is 9.91. The van der Waals surface area contributed by atoms with Crippen molar-refractivity contribution in [1.82, 2.24) is 10.1 Å². The van der Waals surface area contributed by atoms with Gasteiger partial charge in [0.1, 0.15) is 0 Å². The molecule has 0 aliphatic carbocycles. The van der Waals surface area contributed by atoms with E-state index in [1.54, 1.807) is 6.07 Å². The van der Waals surface area contributed by atoms with Gasteiger partial charge in [-0.25, -0.2) is 5.16 Å². The van der Waals surface area contributed by atoms with Gasteiger partial charge in [0.25, 0.3) is 0 Å². The van der Waals surface area contributed by atoms with Crippen LogP contribution in [0.3, 0.4) is 0 Å². The van der Waals surface area contributed by atoms with E-state index in [9.17, 15) is 0 Å². The lowest BCUT2D eigenvalue weighted by molar-refractivity contribution is 0.406. The number of hydrogen-bond acceptors (Lipinski definition) is 3. The van der Waals surface area contributed by atoms with Crippen molar-refractivity contribution in [1.29, 1.82) is 0 Å². The minimum absolute atomic E-state index is 0.186. The zero-order chi connectivity index (χ0) is 10.1. The molecule has 0 aliphatic heterocycles. The van der Waals surface area contributed by atoms with Crippen molar-refractivity contribution in [3.8, 4) is 11.4 Å². The predicted molar refractivity (Wildman–Crippen MR) is 59.8 cm³/mol. The molecule has 0 spiro atoms. The molecule has 0 bridgehead atoms. The molecular formula is C8H4BrClN2OS. The van der Waals surface area contributed by atoms with Gasteiger partial charge < -0.3 is 4.52 Å². The number of rotatable bonds is 1. The molecule has 1 aromatic heterocycles. The van der Waals surface area contributed by atoms with Gasteiger partial charge in [0.05, 0.1) is 5.02 Å². The fourth-order valence-electron chi connectivity index (χ4n) is 0.996. The number of benzene rings is 1. The Morgan fingerprint density at radius 2 is 2.29 bits per heavy atom. The second-order valence-corrected chi connectivity index (χ2v) is 4.17. The number of hydrogen-bond donors (Lipinski definition) is 1. The number of aromatic amines is 1. The van der Waals surface area contributed by atoms with E-state index < -0.39 is 0 Å². The van der Waals surface area contributed by atoms with Crippen LogP contribution in [0.15, 0.2) is 27.2 Å². The highest BCUT2D eigenvalue weighted by Crippen LogP contribution is 2.27. The molecule has 0 saturated heterocycles. The second kappa shape index (κ2) is 3.84. The van der Waals surface area contributed by atoms with Gasteiger partial charge in [-0.1, -0.05) is 11.6 Å². The topological polar surface area (TPSA) is 41.8 Å². The molecule has 0 radical (unpaired) electrons. The lowest BCUT2D eigenvalue weighted by atomic mass is 10.2. The molecule has 0 amide bonds. The van der Waals surface area contributed by atoms with Crippen molar-refractivity contribution in [2.45, 2.75) is 0 Å². The highest BCUT2D eigenvalue weighted by molar-refractivity contribution is 9.10. The van der Waals surface area contributed by atoms with Gasteiger partial charge in [0, 0.05) is 10.0 Å². The van der Waals surface area contributed by atoms with E-state index in [0.717, 1.165) is 10.0 Å². The van der Waals surface area contributed by atoms with Gasteiger partial charge in [-0.2, -0.15) is 4.98 Å². The third kappa shape index (κ3) is 1.89. The maximum absolute atomic E-state index is 5.85. The van der Waals surface area contributed by atoms with Crippen molar-refractivity contribution in [3.05, 3.63) is 32.5 Å². The van der Waals surface area contributed by atoms with Crippen LogP contribution in [0.4, 0.5) is 0 Å². The number of H-pyrrole nitrogens is 1. The van der Waals surface area contributed by atoms with Crippen molar-refractivity contribution in [2.75, 3.05) is 0 Å². The van der Waals surface area contributed by atoms with Crippen molar-refractivity contribution >= 4 is 39.7 Å². The summed E-state index contributed by atoms with van der Waals surface area (Å²) in [5, 5.41) is 3.26. The van der Waals surface area contributed by atoms with Crippen molar-refractivity contribution in [3.63, 3.8) is 0 Å². The average molecular weight is 292 g/mol. The summed E-state index contributed by atoms with van der Waals surface area (Å²) in [6.07, 6.45) is 0.